The zero-order valence-corrected chi connectivity index (χ0v) is 21.5. The molecule has 0 spiro atoms. The van der Waals surface area contributed by atoms with Gasteiger partial charge < -0.3 is 20.3 Å². The van der Waals surface area contributed by atoms with Gasteiger partial charge in [-0.2, -0.15) is 0 Å². The molecule has 3 N–H and O–H groups in total. The molecule has 4 rings (SSSR count). The highest BCUT2D eigenvalue weighted by molar-refractivity contribution is 7.92. The number of carboxylic acid groups (broad SMARTS) is 2. The van der Waals surface area contributed by atoms with E-state index in [-0.39, 0.29) is 22.2 Å². The van der Waals surface area contributed by atoms with Gasteiger partial charge in [0.25, 0.3) is 10.0 Å². The molecule has 0 aliphatic rings. The topological polar surface area (TPSA) is 150 Å². The maximum absolute atomic E-state index is 13.6. The Labute approximate surface area is 224 Å². The van der Waals surface area contributed by atoms with Crippen LogP contribution >= 0.6 is 0 Å². The van der Waals surface area contributed by atoms with Gasteiger partial charge in [-0.15, -0.1) is 0 Å². The number of rotatable bonds is 10. The van der Waals surface area contributed by atoms with E-state index in [1.807, 2.05) is 0 Å². The molecule has 0 fully saturated rings. The normalized spacial score (nSPS) is 11.9. The lowest BCUT2D eigenvalue weighted by Crippen LogP contribution is -2.36. The first kappa shape index (κ1) is 27.1. The van der Waals surface area contributed by atoms with E-state index in [0.29, 0.717) is 22.0 Å². The van der Waals surface area contributed by atoms with Gasteiger partial charge in [0.2, 0.25) is 12.0 Å². The molecule has 11 heteroatoms. The van der Waals surface area contributed by atoms with E-state index in [1.54, 1.807) is 54.6 Å². The molecule has 1 atom stereocenters. The third-order valence-corrected chi connectivity index (χ3v) is 7.52. The summed E-state index contributed by atoms with van der Waals surface area (Å²) in [5, 5.41) is 22.7. The van der Waals surface area contributed by atoms with Crippen LogP contribution in [0.2, 0.25) is 0 Å². The fourth-order valence-corrected chi connectivity index (χ4v) is 5.49. The van der Waals surface area contributed by atoms with Crippen LogP contribution in [-0.4, -0.2) is 43.0 Å². The Bertz CT molecular complexity index is 1640. The van der Waals surface area contributed by atoms with Gasteiger partial charge in [0.05, 0.1) is 10.6 Å². The molecule has 0 saturated carbocycles. The molecule has 0 radical (unpaired) electrons. The number of carbonyl (C=O) groups excluding carboxylic acids is 1. The average Bonchev–Trinajstić information content (AvgIpc) is 2.90. The minimum Gasteiger partial charge on any atom is -0.480 e. The van der Waals surface area contributed by atoms with Crippen LogP contribution in [0.25, 0.3) is 10.8 Å². The Hall–Kier alpha value is -4.90. The summed E-state index contributed by atoms with van der Waals surface area (Å²) in [5.41, 5.74) is 0.860. The van der Waals surface area contributed by atoms with Crippen LogP contribution in [0.15, 0.2) is 95.9 Å². The van der Waals surface area contributed by atoms with Crippen LogP contribution in [0.1, 0.15) is 18.6 Å². The maximum Gasteiger partial charge on any atom is 0.349 e. The van der Waals surface area contributed by atoms with Crippen LogP contribution in [0.3, 0.4) is 0 Å². The number of hydrogen-bond acceptors (Lipinski definition) is 6. The van der Waals surface area contributed by atoms with Gasteiger partial charge in [0.1, 0.15) is 12.3 Å². The molecule has 10 nitrogen and oxygen atoms in total. The van der Waals surface area contributed by atoms with Crippen LogP contribution in [0.4, 0.5) is 11.4 Å². The van der Waals surface area contributed by atoms with Gasteiger partial charge in [-0.3, -0.25) is 13.9 Å². The fraction of sp³-hybridized carbons (Fsp3) is 0.107. The Kier molecular flexibility index (Phi) is 7.82. The first-order valence-corrected chi connectivity index (χ1v) is 13.1. The van der Waals surface area contributed by atoms with Gasteiger partial charge in [-0.05, 0) is 36.4 Å². The first-order chi connectivity index (χ1) is 18.6. The standard InChI is InChI=1S/C28H24N2O8S/c1-18(31)29-20-11-13-21(14-12-20)39(36,37)30(17-26(32)33)24-15-16-25(23-10-6-5-9-22(23)24)38-27(28(34)35)19-7-3-2-4-8-19/h2-16,27H,17H2,1H3,(H,29,31)(H,32,33)(H,34,35). The van der Waals surface area contributed by atoms with Crippen molar-refractivity contribution in [3.8, 4) is 5.75 Å². The molecular formula is C28H24N2O8S. The highest BCUT2D eigenvalue weighted by Gasteiger charge is 2.30. The predicted molar refractivity (Wildman–Crippen MR) is 144 cm³/mol. The quantitative estimate of drug-likeness (QED) is 0.266. The zero-order chi connectivity index (χ0) is 28.2. The number of amides is 1. The molecule has 39 heavy (non-hydrogen) atoms. The van der Waals surface area contributed by atoms with Gasteiger partial charge in [-0.25, -0.2) is 13.2 Å². The van der Waals surface area contributed by atoms with E-state index >= 15 is 0 Å². The lowest BCUT2D eigenvalue weighted by atomic mass is 10.1. The lowest BCUT2D eigenvalue weighted by molar-refractivity contribution is -0.145. The second kappa shape index (κ2) is 11.2. The first-order valence-electron chi connectivity index (χ1n) is 11.7. The maximum atomic E-state index is 13.6. The second-order valence-corrected chi connectivity index (χ2v) is 10.3. The molecule has 0 bridgehead atoms. The molecule has 0 aliphatic carbocycles. The van der Waals surface area contributed by atoms with Crippen molar-refractivity contribution in [2.75, 3.05) is 16.2 Å². The summed E-state index contributed by atoms with van der Waals surface area (Å²) in [4.78, 5) is 34.9. The van der Waals surface area contributed by atoms with Crippen molar-refractivity contribution < 1.29 is 37.8 Å². The van der Waals surface area contributed by atoms with Crippen molar-refractivity contribution in [2.24, 2.45) is 0 Å². The van der Waals surface area contributed by atoms with Gasteiger partial charge in [-0.1, -0.05) is 54.6 Å². The number of fused-ring (bicyclic) bond motifs is 1. The number of aliphatic carboxylic acids is 2. The number of ether oxygens (including phenoxy) is 1. The lowest BCUT2D eigenvalue weighted by Gasteiger charge is -2.25. The predicted octanol–water partition coefficient (Wildman–Crippen LogP) is 4.28. The summed E-state index contributed by atoms with van der Waals surface area (Å²) in [6.45, 7) is 0.442. The summed E-state index contributed by atoms with van der Waals surface area (Å²) < 4.78 is 34.0. The van der Waals surface area contributed by atoms with Crippen molar-refractivity contribution >= 4 is 50.0 Å². The smallest absolute Gasteiger partial charge is 0.349 e. The summed E-state index contributed by atoms with van der Waals surface area (Å²) in [5.74, 6) is -2.75. The fourth-order valence-electron chi connectivity index (χ4n) is 4.05. The molecule has 0 saturated heterocycles. The van der Waals surface area contributed by atoms with Gasteiger partial charge in [0, 0.05) is 28.9 Å². The molecule has 1 amide bonds. The van der Waals surface area contributed by atoms with E-state index in [0.717, 1.165) is 4.31 Å². The average molecular weight is 549 g/mol. The molecule has 0 aliphatic heterocycles. The minimum atomic E-state index is -4.37. The third kappa shape index (κ3) is 5.99. The van der Waals surface area contributed by atoms with E-state index < -0.39 is 34.6 Å². The second-order valence-electron chi connectivity index (χ2n) is 8.49. The van der Waals surface area contributed by atoms with Gasteiger partial charge in [0.15, 0.2) is 0 Å². The summed E-state index contributed by atoms with van der Waals surface area (Å²) in [7, 11) is -4.37. The van der Waals surface area contributed by atoms with Crippen molar-refractivity contribution in [2.45, 2.75) is 17.9 Å². The molecule has 0 heterocycles. The van der Waals surface area contributed by atoms with Crippen molar-refractivity contribution in [3.63, 3.8) is 0 Å². The molecule has 4 aromatic carbocycles. The SMILES string of the molecule is CC(=O)Nc1ccc(S(=O)(=O)N(CC(=O)O)c2ccc(OC(C(=O)O)c3ccccc3)c3ccccc23)cc1. The number of nitrogens with zero attached hydrogens (tertiary/aromatic N) is 1. The molecule has 0 aromatic heterocycles. The Morgan fingerprint density at radius 1 is 0.846 bits per heavy atom. The summed E-state index contributed by atoms with van der Waals surface area (Å²) >= 11 is 0. The number of carboxylic acids is 2. The number of nitrogens with one attached hydrogen (secondary N) is 1. The van der Waals surface area contributed by atoms with Crippen LogP contribution in [0, 0.1) is 0 Å². The minimum absolute atomic E-state index is 0.0675. The van der Waals surface area contributed by atoms with Crippen molar-refractivity contribution in [1.29, 1.82) is 0 Å². The van der Waals surface area contributed by atoms with E-state index in [1.165, 1.54) is 43.3 Å². The van der Waals surface area contributed by atoms with Crippen LogP contribution in [0.5, 0.6) is 5.75 Å². The highest BCUT2D eigenvalue weighted by Crippen LogP contribution is 2.38. The largest absolute Gasteiger partial charge is 0.480 e. The molecular weight excluding hydrogens is 524 g/mol. The summed E-state index contributed by atoms with van der Waals surface area (Å²) in [6.07, 6.45) is -1.33. The Balaban J connectivity index is 1.80. The summed E-state index contributed by atoms with van der Waals surface area (Å²) in [6, 6.07) is 23.1. The number of carbonyl (C=O) groups is 3. The van der Waals surface area contributed by atoms with E-state index in [2.05, 4.69) is 5.32 Å². The third-order valence-electron chi connectivity index (χ3n) is 5.74. The van der Waals surface area contributed by atoms with Crippen LogP contribution < -0.4 is 14.4 Å². The highest BCUT2D eigenvalue weighted by atomic mass is 32.2. The Morgan fingerprint density at radius 3 is 2.05 bits per heavy atom. The molecule has 4 aromatic rings. The van der Waals surface area contributed by atoms with Crippen LogP contribution in [-0.2, 0) is 24.4 Å². The number of benzene rings is 4. The van der Waals surface area contributed by atoms with E-state index in [9.17, 15) is 33.0 Å². The van der Waals surface area contributed by atoms with Crippen molar-refractivity contribution in [3.05, 3.63) is 96.6 Å². The van der Waals surface area contributed by atoms with Crippen molar-refractivity contribution in [1.82, 2.24) is 0 Å². The Morgan fingerprint density at radius 2 is 1.46 bits per heavy atom. The molecule has 200 valence electrons. The van der Waals surface area contributed by atoms with Gasteiger partial charge >= 0.3 is 11.9 Å². The number of hydrogen-bond donors (Lipinski definition) is 3. The monoisotopic (exact) mass is 548 g/mol. The number of anilines is 2. The number of sulfonamides is 1. The zero-order valence-electron chi connectivity index (χ0n) is 20.6. The molecule has 1 unspecified atom stereocenters. The van der Waals surface area contributed by atoms with E-state index in [4.69, 9.17) is 4.74 Å².